The molecule has 1 heterocycles. The maximum atomic E-state index is 14.6. The lowest BCUT2D eigenvalue weighted by Crippen LogP contribution is -2.41. The maximum Gasteiger partial charge on any atom is 0.255 e. The number of pyridine rings is 1. The van der Waals surface area contributed by atoms with E-state index in [2.05, 4.69) is 20.4 Å². The molecule has 0 saturated heterocycles. The Morgan fingerprint density at radius 3 is 2.13 bits per heavy atom. The van der Waals surface area contributed by atoms with Gasteiger partial charge in [0.25, 0.3) is 5.91 Å². The number of hydrogen-bond donors (Lipinski definition) is 3. The van der Waals surface area contributed by atoms with Gasteiger partial charge in [0.05, 0.1) is 12.7 Å². The van der Waals surface area contributed by atoms with Gasteiger partial charge in [0.15, 0.2) is 17.4 Å². The molecule has 38 heavy (non-hydrogen) atoms. The topological polar surface area (TPSA) is 106 Å². The van der Waals surface area contributed by atoms with Crippen LogP contribution in [0.2, 0.25) is 5.15 Å². The molecule has 2 aromatic rings. The van der Waals surface area contributed by atoms with Crippen LogP contribution in [0, 0.1) is 17.5 Å². The molecular formula is C27H36ClF3N4O3. The number of carbonyl (C=O) groups excluding carboxylic acids is 2. The van der Waals surface area contributed by atoms with Crippen LogP contribution in [0.5, 0.6) is 5.75 Å². The third-order valence-electron chi connectivity index (χ3n) is 6.12. The van der Waals surface area contributed by atoms with Crippen molar-refractivity contribution in [3.63, 3.8) is 0 Å². The van der Waals surface area contributed by atoms with Crippen LogP contribution in [0.1, 0.15) is 86.2 Å². The zero-order valence-electron chi connectivity index (χ0n) is 21.6. The predicted molar refractivity (Wildman–Crippen MR) is 141 cm³/mol. The first kappa shape index (κ1) is 31.4. The lowest BCUT2D eigenvalue weighted by atomic mass is 10.1. The van der Waals surface area contributed by atoms with Gasteiger partial charge < -0.3 is 21.1 Å². The molecule has 2 rings (SSSR count). The molecule has 0 bridgehead atoms. The number of aromatic nitrogens is 1. The third kappa shape index (κ3) is 9.79. The minimum Gasteiger partial charge on any atom is -0.491 e. The number of ether oxygens (including phenoxy) is 1. The van der Waals surface area contributed by atoms with Gasteiger partial charge in [-0.25, -0.2) is 13.8 Å². The van der Waals surface area contributed by atoms with Crippen LogP contribution in [0.4, 0.5) is 13.2 Å². The largest absolute Gasteiger partial charge is 0.491 e. The summed E-state index contributed by atoms with van der Waals surface area (Å²) in [5.74, 6) is -7.12. The van der Waals surface area contributed by atoms with Crippen LogP contribution in [0.3, 0.4) is 0 Å². The third-order valence-corrected chi connectivity index (χ3v) is 6.34. The number of nitrogens with zero attached hydrogens (tertiary/aromatic N) is 1. The molecule has 4 N–H and O–H groups in total. The van der Waals surface area contributed by atoms with Crippen molar-refractivity contribution in [2.45, 2.75) is 70.3 Å². The fourth-order valence-corrected chi connectivity index (χ4v) is 4.10. The van der Waals surface area contributed by atoms with Crippen LogP contribution < -0.4 is 21.1 Å². The highest BCUT2D eigenvalue weighted by atomic mass is 35.5. The van der Waals surface area contributed by atoms with Gasteiger partial charge in [0.1, 0.15) is 11.2 Å². The van der Waals surface area contributed by atoms with E-state index >= 15 is 0 Å². The van der Waals surface area contributed by atoms with Crippen molar-refractivity contribution < 1.29 is 27.5 Å². The van der Waals surface area contributed by atoms with Gasteiger partial charge in [-0.3, -0.25) is 9.59 Å². The second-order valence-corrected chi connectivity index (χ2v) is 9.39. The van der Waals surface area contributed by atoms with Gasteiger partial charge >= 0.3 is 0 Å². The number of rotatable bonds is 17. The fraction of sp³-hybridized carbons (Fsp3) is 0.519. The van der Waals surface area contributed by atoms with Crippen LogP contribution in [0.25, 0.3) is 0 Å². The van der Waals surface area contributed by atoms with E-state index < -0.39 is 46.6 Å². The molecule has 0 aliphatic heterocycles. The highest BCUT2D eigenvalue weighted by molar-refractivity contribution is 6.29. The van der Waals surface area contributed by atoms with Crippen molar-refractivity contribution >= 4 is 23.4 Å². The van der Waals surface area contributed by atoms with Crippen molar-refractivity contribution in [1.82, 2.24) is 15.6 Å². The lowest BCUT2D eigenvalue weighted by molar-refractivity contribution is -0.123. The summed E-state index contributed by atoms with van der Waals surface area (Å²) < 4.78 is 46.9. The van der Waals surface area contributed by atoms with E-state index in [1.165, 1.54) is 50.4 Å². The molecule has 11 heteroatoms. The number of amides is 2. The van der Waals surface area contributed by atoms with E-state index in [4.69, 9.17) is 17.3 Å². The number of benzene rings is 1. The van der Waals surface area contributed by atoms with Gasteiger partial charge in [-0.1, -0.05) is 69.0 Å². The van der Waals surface area contributed by atoms with Crippen LogP contribution in [0.15, 0.2) is 24.4 Å². The lowest BCUT2D eigenvalue weighted by Gasteiger charge is -2.19. The van der Waals surface area contributed by atoms with Gasteiger partial charge in [-0.05, 0) is 31.5 Å². The Morgan fingerprint density at radius 2 is 1.58 bits per heavy atom. The van der Waals surface area contributed by atoms with E-state index in [9.17, 15) is 22.8 Å². The highest BCUT2D eigenvalue weighted by Crippen LogP contribution is 2.27. The van der Waals surface area contributed by atoms with Crippen LogP contribution >= 0.6 is 11.6 Å². The molecule has 0 spiro atoms. The number of carbonyl (C=O) groups is 2. The predicted octanol–water partition coefficient (Wildman–Crippen LogP) is 5.61. The van der Waals surface area contributed by atoms with E-state index in [0.717, 1.165) is 45.8 Å². The molecule has 2 amide bonds. The molecule has 0 aliphatic rings. The molecule has 1 atom stereocenters. The number of nitrogens with two attached hydrogens (primary N) is 1. The zero-order chi connectivity index (χ0) is 27.9. The molecule has 0 fully saturated rings. The molecule has 0 aliphatic carbocycles. The van der Waals surface area contributed by atoms with Crippen molar-refractivity contribution in [2.24, 2.45) is 5.73 Å². The summed E-state index contributed by atoms with van der Waals surface area (Å²) >= 11 is 5.83. The molecule has 0 radical (unpaired) electrons. The Hall–Kier alpha value is -2.85. The molecule has 210 valence electrons. The second-order valence-electron chi connectivity index (χ2n) is 9.00. The molecule has 7 nitrogen and oxygen atoms in total. The normalized spacial score (nSPS) is 11.7. The Balaban J connectivity index is 1.92. The summed E-state index contributed by atoms with van der Waals surface area (Å²) in [5, 5.41) is 5.31. The first-order chi connectivity index (χ1) is 18.3. The maximum absolute atomic E-state index is 14.6. The Kier molecular flexibility index (Phi) is 13.9. The minimum absolute atomic E-state index is 0.172. The van der Waals surface area contributed by atoms with E-state index in [1.807, 2.05) is 0 Å². The Labute approximate surface area is 226 Å². The average Bonchev–Trinajstić information content (AvgIpc) is 2.90. The number of nitrogens with one attached hydrogen (secondary N) is 2. The van der Waals surface area contributed by atoms with Gasteiger partial charge in [-0.2, -0.15) is 4.39 Å². The molecule has 1 unspecified atom stereocenters. The summed E-state index contributed by atoms with van der Waals surface area (Å²) in [6.45, 7) is 1.13. The summed E-state index contributed by atoms with van der Waals surface area (Å²) in [4.78, 5) is 29.7. The first-order valence-corrected chi connectivity index (χ1v) is 13.3. The zero-order valence-corrected chi connectivity index (χ0v) is 22.4. The molecule has 1 aromatic heterocycles. The smallest absolute Gasteiger partial charge is 0.255 e. The van der Waals surface area contributed by atoms with Crippen molar-refractivity contribution in [3.8, 4) is 5.75 Å². The van der Waals surface area contributed by atoms with Crippen molar-refractivity contribution in [1.29, 1.82) is 0 Å². The van der Waals surface area contributed by atoms with Crippen LogP contribution in [-0.2, 0) is 4.79 Å². The SMILES string of the molecule is COc1c(F)c(F)cc(C(=O)NC(C(=O)NCCCCCCCCCCCCN)c2ccc(Cl)nc2)c1F. The van der Waals surface area contributed by atoms with E-state index in [0.29, 0.717) is 12.6 Å². The Morgan fingerprint density at radius 1 is 0.974 bits per heavy atom. The molecular weight excluding hydrogens is 521 g/mol. The van der Waals surface area contributed by atoms with Gasteiger partial charge in [0, 0.05) is 18.3 Å². The van der Waals surface area contributed by atoms with Gasteiger partial charge in [-0.15, -0.1) is 0 Å². The standard InChI is InChI=1S/C27H36ClF3N4O3/c1-38-25-22(30)19(16-20(29)23(25)31)26(36)35-24(18-12-13-21(28)34-17-18)27(37)33-15-11-9-7-5-3-2-4-6-8-10-14-32/h12-13,16-17,24H,2-11,14-15,32H2,1H3,(H,33,37)(H,35,36). The van der Waals surface area contributed by atoms with Crippen molar-refractivity contribution in [2.75, 3.05) is 20.2 Å². The number of unbranched alkanes of at least 4 members (excludes halogenated alkanes) is 9. The van der Waals surface area contributed by atoms with Crippen molar-refractivity contribution in [3.05, 3.63) is 58.1 Å². The monoisotopic (exact) mass is 556 g/mol. The number of hydrogen-bond acceptors (Lipinski definition) is 5. The summed E-state index contributed by atoms with van der Waals surface area (Å²) in [7, 11) is 0.948. The first-order valence-electron chi connectivity index (χ1n) is 12.9. The van der Waals surface area contributed by atoms with Crippen LogP contribution in [-0.4, -0.2) is 37.0 Å². The second kappa shape index (κ2) is 16.9. The average molecular weight is 557 g/mol. The molecule has 1 aromatic carbocycles. The number of methoxy groups -OCH3 is 1. The Bertz CT molecular complexity index is 1040. The van der Waals surface area contributed by atoms with E-state index in [1.54, 1.807) is 0 Å². The fourth-order valence-electron chi connectivity index (χ4n) is 3.99. The summed E-state index contributed by atoms with van der Waals surface area (Å²) in [6.07, 6.45) is 12.3. The van der Waals surface area contributed by atoms with E-state index in [-0.39, 0.29) is 10.7 Å². The molecule has 0 saturated carbocycles. The number of halogens is 4. The summed E-state index contributed by atoms with van der Waals surface area (Å²) in [5.41, 5.74) is 4.97. The highest BCUT2D eigenvalue weighted by Gasteiger charge is 2.28. The quantitative estimate of drug-likeness (QED) is 0.133. The van der Waals surface area contributed by atoms with Gasteiger partial charge in [0.2, 0.25) is 11.7 Å². The summed E-state index contributed by atoms with van der Waals surface area (Å²) in [6, 6.07) is 2.06. The minimum atomic E-state index is -1.56.